The van der Waals surface area contributed by atoms with E-state index in [2.05, 4.69) is 20.6 Å². The minimum Gasteiger partial charge on any atom is -0.311 e. The summed E-state index contributed by atoms with van der Waals surface area (Å²) >= 11 is 5.83. The summed E-state index contributed by atoms with van der Waals surface area (Å²) in [7, 11) is 0. The van der Waals surface area contributed by atoms with Crippen LogP contribution in [0.3, 0.4) is 0 Å². The maximum Gasteiger partial charge on any atom is 0.282 e. The molecule has 3 rings (SSSR count). The number of rotatable bonds is 3. The topological polar surface area (TPSA) is 86.5 Å². The van der Waals surface area contributed by atoms with Gasteiger partial charge in [-0.15, -0.1) is 5.10 Å². The quantitative estimate of drug-likeness (QED) is 0.856. The summed E-state index contributed by atoms with van der Waals surface area (Å²) in [6.07, 6.45) is 0. The summed E-state index contributed by atoms with van der Waals surface area (Å²) in [5.74, 6) is -0.597. The van der Waals surface area contributed by atoms with Crippen molar-refractivity contribution in [3.05, 3.63) is 59.6 Å². The number of carbonyl (C=O) groups is 2. The number of hydrogen-bond donors (Lipinski definition) is 1. The lowest BCUT2D eigenvalue weighted by atomic mass is 10.2. The molecule has 1 aliphatic rings. The zero-order chi connectivity index (χ0) is 17.8. The van der Waals surface area contributed by atoms with E-state index in [9.17, 15) is 9.59 Å². The van der Waals surface area contributed by atoms with Crippen LogP contribution in [0.5, 0.6) is 0 Å². The van der Waals surface area contributed by atoms with Crippen LogP contribution in [0.1, 0.15) is 6.92 Å². The van der Waals surface area contributed by atoms with Crippen molar-refractivity contribution < 1.29 is 9.59 Å². The molecule has 0 saturated heterocycles. The molecule has 7 nitrogen and oxygen atoms in total. The standard InChI is InChI=1S/C17H14ClN5O2/c1-11(24)19-16-15(21-20-13-9-7-12(18)8-10-13)17(25)23(22-16)14-5-3-2-4-6-14/h2-10,15H,1H3,(H,19,22,24)/t15-/m1/s1. The van der Waals surface area contributed by atoms with E-state index in [1.54, 1.807) is 48.5 Å². The maximum absolute atomic E-state index is 12.7. The lowest BCUT2D eigenvalue weighted by Crippen LogP contribution is -2.38. The van der Waals surface area contributed by atoms with E-state index >= 15 is 0 Å². The van der Waals surface area contributed by atoms with Crippen LogP contribution < -0.4 is 10.3 Å². The van der Waals surface area contributed by atoms with Gasteiger partial charge in [0.15, 0.2) is 5.84 Å². The van der Waals surface area contributed by atoms with Crippen LogP contribution in [0.2, 0.25) is 5.02 Å². The van der Waals surface area contributed by atoms with Crippen LogP contribution in [-0.4, -0.2) is 23.7 Å². The Morgan fingerprint density at radius 3 is 2.48 bits per heavy atom. The number of hydrazone groups is 1. The summed E-state index contributed by atoms with van der Waals surface area (Å²) in [5.41, 5.74) is 1.12. The Bertz CT molecular complexity index is 849. The van der Waals surface area contributed by atoms with Gasteiger partial charge in [-0.05, 0) is 36.4 Å². The molecule has 2 aromatic rings. The number of para-hydroxylation sites is 1. The molecule has 1 atom stereocenters. The average Bonchev–Trinajstić information content (AvgIpc) is 2.90. The van der Waals surface area contributed by atoms with Crippen molar-refractivity contribution in [3.8, 4) is 0 Å². The predicted molar refractivity (Wildman–Crippen MR) is 94.9 cm³/mol. The molecule has 126 valence electrons. The smallest absolute Gasteiger partial charge is 0.282 e. The van der Waals surface area contributed by atoms with Gasteiger partial charge in [0.1, 0.15) is 0 Å². The SMILES string of the molecule is CC(=O)NC1=NN(c2ccccc2)C(=O)[C@@H]1N=Nc1ccc(Cl)cc1. The fourth-order valence-electron chi connectivity index (χ4n) is 2.21. The molecule has 8 heteroatoms. The zero-order valence-electron chi connectivity index (χ0n) is 13.3. The maximum atomic E-state index is 12.7. The van der Waals surface area contributed by atoms with Crippen molar-refractivity contribution >= 4 is 40.6 Å². The van der Waals surface area contributed by atoms with Crippen molar-refractivity contribution in [1.82, 2.24) is 5.32 Å². The van der Waals surface area contributed by atoms with E-state index in [0.29, 0.717) is 16.4 Å². The fraction of sp³-hybridized carbons (Fsp3) is 0.118. The van der Waals surface area contributed by atoms with E-state index in [-0.39, 0.29) is 11.7 Å². The molecule has 0 spiro atoms. The number of nitrogens with zero attached hydrogens (tertiary/aromatic N) is 4. The van der Waals surface area contributed by atoms with Gasteiger partial charge in [0.25, 0.3) is 5.91 Å². The van der Waals surface area contributed by atoms with Crippen LogP contribution in [0.25, 0.3) is 0 Å². The number of nitrogens with one attached hydrogen (secondary N) is 1. The molecule has 2 amide bonds. The van der Waals surface area contributed by atoms with Crippen LogP contribution >= 0.6 is 11.6 Å². The van der Waals surface area contributed by atoms with Crippen molar-refractivity contribution in [2.24, 2.45) is 15.3 Å². The summed E-state index contributed by atoms with van der Waals surface area (Å²) in [6, 6.07) is 14.6. The number of hydrogen-bond acceptors (Lipinski definition) is 5. The predicted octanol–water partition coefficient (Wildman–Crippen LogP) is 3.29. The van der Waals surface area contributed by atoms with Crippen molar-refractivity contribution in [2.45, 2.75) is 13.0 Å². The molecule has 0 saturated carbocycles. The Balaban J connectivity index is 1.88. The van der Waals surface area contributed by atoms with Gasteiger partial charge in [-0.2, -0.15) is 15.2 Å². The second-order valence-corrected chi connectivity index (χ2v) is 5.68. The number of carbonyl (C=O) groups excluding carboxylic acids is 2. The second-order valence-electron chi connectivity index (χ2n) is 5.25. The number of halogens is 1. The molecule has 0 radical (unpaired) electrons. The number of amides is 2. The number of anilines is 1. The van der Waals surface area contributed by atoms with Gasteiger partial charge in [-0.25, -0.2) is 0 Å². The number of benzene rings is 2. The third-order valence-corrected chi connectivity index (χ3v) is 3.58. The van der Waals surface area contributed by atoms with Crippen LogP contribution in [-0.2, 0) is 9.59 Å². The van der Waals surface area contributed by atoms with E-state index < -0.39 is 11.9 Å². The first kappa shape index (κ1) is 16.8. The van der Waals surface area contributed by atoms with Gasteiger partial charge >= 0.3 is 0 Å². The van der Waals surface area contributed by atoms with Gasteiger partial charge in [-0.3, -0.25) is 9.59 Å². The van der Waals surface area contributed by atoms with E-state index in [0.717, 1.165) is 0 Å². The van der Waals surface area contributed by atoms with Gasteiger partial charge in [-0.1, -0.05) is 29.8 Å². The molecular weight excluding hydrogens is 342 g/mol. The third kappa shape index (κ3) is 3.89. The number of azo groups is 1. The molecule has 1 aliphatic heterocycles. The first-order chi connectivity index (χ1) is 12.0. The molecule has 1 heterocycles. The minimum absolute atomic E-state index is 0.138. The highest BCUT2D eigenvalue weighted by Crippen LogP contribution is 2.23. The first-order valence-electron chi connectivity index (χ1n) is 7.46. The van der Waals surface area contributed by atoms with E-state index in [1.807, 2.05) is 6.07 Å². The van der Waals surface area contributed by atoms with Crippen LogP contribution in [0.4, 0.5) is 11.4 Å². The molecule has 0 aromatic heterocycles. The van der Waals surface area contributed by atoms with Gasteiger partial charge in [0.05, 0.1) is 11.4 Å². The van der Waals surface area contributed by atoms with E-state index in [4.69, 9.17) is 11.6 Å². The summed E-state index contributed by atoms with van der Waals surface area (Å²) in [5, 5.41) is 16.6. The highest BCUT2D eigenvalue weighted by molar-refractivity contribution is 6.30. The average molecular weight is 356 g/mol. The second kappa shape index (κ2) is 7.23. The third-order valence-electron chi connectivity index (χ3n) is 3.33. The molecule has 2 aromatic carbocycles. The molecule has 0 bridgehead atoms. The Morgan fingerprint density at radius 1 is 1.16 bits per heavy atom. The Kier molecular flexibility index (Phi) is 4.85. The van der Waals surface area contributed by atoms with Crippen molar-refractivity contribution in [3.63, 3.8) is 0 Å². The molecular formula is C17H14ClN5O2. The van der Waals surface area contributed by atoms with Gasteiger partial charge in [0, 0.05) is 11.9 Å². The molecule has 0 unspecified atom stereocenters. The lowest BCUT2D eigenvalue weighted by molar-refractivity contribution is -0.117. The Labute approximate surface area is 149 Å². The van der Waals surface area contributed by atoms with Crippen molar-refractivity contribution in [2.75, 3.05) is 5.01 Å². The highest BCUT2D eigenvalue weighted by atomic mass is 35.5. The Morgan fingerprint density at radius 2 is 1.84 bits per heavy atom. The summed E-state index contributed by atoms with van der Waals surface area (Å²) < 4.78 is 0. The Hall–Kier alpha value is -3.06. The van der Waals surface area contributed by atoms with Crippen LogP contribution in [0.15, 0.2) is 69.9 Å². The van der Waals surface area contributed by atoms with Gasteiger partial charge < -0.3 is 5.32 Å². The highest BCUT2D eigenvalue weighted by Gasteiger charge is 2.37. The van der Waals surface area contributed by atoms with Crippen molar-refractivity contribution in [1.29, 1.82) is 0 Å². The molecule has 1 N–H and O–H groups in total. The molecule has 25 heavy (non-hydrogen) atoms. The van der Waals surface area contributed by atoms with E-state index in [1.165, 1.54) is 11.9 Å². The minimum atomic E-state index is -1.01. The van der Waals surface area contributed by atoms with Gasteiger partial charge in [0.2, 0.25) is 11.9 Å². The zero-order valence-corrected chi connectivity index (χ0v) is 14.0. The largest absolute Gasteiger partial charge is 0.311 e. The lowest BCUT2D eigenvalue weighted by Gasteiger charge is -2.11. The first-order valence-corrected chi connectivity index (χ1v) is 7.84. The number of amidine groups is 1. The van der Waals surface area contributed by atoms with Crippen LogP contribution in [0, 0.1) is 0 Å². The summed E-state index contributed by atoms with van der Waals surface area (Å²) in [6.45, 7) is 1.34. The fourth-order valence-corrected chi connectivity index (χ4v) is 2.33. The normalized spacial score (nSPS) is 17.0. The summed E-state index contributed by atoms with van der Waals surface area (Å²) in [4.78, 5) is 24.1. The monoisotopic (exact) mass is 355 g/mol. The molecule has 0 fully saturated rings. The molecule has 0 aliphatic carbocycles.